The second kappa shape index (κ2) is 9.27. The minimum absolute atomic E-state index is 0.0403. The summed E-state index contributed by atoms with van der Waals surface area (Å²) < 4.78 is 14.2. The molecule has 3 rings (SSSR count). The number of anilines is 2. The molecule has 1 aliphatic heterocycles. The van der Waals surface area contributed by atoms with Gasteiger partial charge in [0.25, 0.3) is 0 Å². The Bertz CT molecular complexity index is 809. The molecule has 0 atom stereocenters. The summed E-state index contributed by atoms with van der Waals surface area (Å²) in [4.78, 5) is 29.5. The topological polar surface area (TPSA) is 77.6 Å². The second-order valence-corrected chi connectivity index (χ2v) is 6.81. The van der Waals surface area contributed by atoms with Crippen molar-refractivity contribution in [2.75, 3.05) is 30.6 Å². The normalized spacial score (nSPS) is 15.1. The molecule has 0 saturated carbocycles. The first-order chi connectivity index (χ1) is 13.6. The molecule has 1 fully saturated rings. The molecule has 0 unspecified atom stereocenters. The number of amides is 2. The molecule has 1 saturated heterocycles. The number of aromatic nitrogens is 1. The lowest BCUT2D eigenvalue weighted by Gasteiger charge is -2.31. The number of nitrogens with zero attached hydrogens (tertiary/aromatic N) is 3. The van der Waals surface area contributed by atoms with Crippen LogP contribution < -0.4 is 15.8 Å². The van der Waals surface area contributed by atoms with E-state index in [1.54, 1.807) is 37.6 Å². The maximum atomic E-state index is 14.2. The maximum absolute atomic E-state index is 14.2. The van der Waals surface area contributed by atoms with Crippen molar-refractivity contribution >= 4 is 23.7 Å². The van der Waals surface area contributed by atoms with Crippen LogP contribution >= 0.6 is 0 Å². The third-order valence-electron chi connectivity index (χ3n) is 4.85. The van der Waals surface area contributed by atoms with Crippen molar-refractivity contribution in [3.8, 4) is 0 Å². The van der Waals surface area contributed by atoms with E-state index in [1.807, 2.05) is 0 Å². The lowest BCUT2D eigenvalue weighted by molar-refractivity contribution is -0.126. The smallest absolute Gasteiger partial charge is 0.232 e. The van der Waals surface area contributed by atoms with Gasteiger partial charge in [-0.1, -0.05) is 0 Å². The van der Waals surface area contributed by atoms with Crippen molar-refractivity contribution in [1.29, 1.82) is 0 Å². The molecule has 0 aliphatic carbocycles. The maximum Gasteiger partial charge on any atom is 0.232 e. The Labute approximate surface area is 163 Å². The molecule has 148 valence electrons. The number of piperidine rings is 1. The van der Waals surface area contributed by atoms with Gasteiger partial charge in [0.05, 0.1) is 17.6 Å². The van der Waals surface area contributed by atoms with Crippen LogP contribution in [0.2, 0.25) is 0 Å². The lowest BCUT2D eigenvalue weighted by atomic mass is 9.95. The fourth-order valence-electron chi connectivity index (χ4n) is 3.40. The van der Waals surface area contributed by atoms with Crippen LogP contribution in [-0.2, 0) is 16.1 Å². The Morgan fingerprint density at radius 1 is 1.36 bits per heavy atom. The molecule has 1 aromatic heterocycles. The molecular weight excluding hydrogens is 361 g/mol. The van der Waals surface area contributed by atoms with E-state index in [9.17, 15) is 14.0 Å². The minimum atomic E-state index is -0.410. The standard InChI is InChI=1S/C20H24FN5O2/c1-22-20(28)16-4-7-25(8-5-16)13-15-9-17(21)11-19(10-15)26(14-27)24-18-3-2-6-23-12-18/h2-3,6,9-12,14,16,24H,4-5,7-8,13H2,1H3,(H,22,28). The van der Waals surface area contributed by atoms with Gasteiger partial charge in [0.1, 0.15) is 5.82 Å². The van der Waals surface area contributed by atoms with Crippen molar-refractivity contribution in [3.63, 3.8) is 0 Å². The second-order valence-electron chi connectivity index (χ2n) is 6.81. The third-order valence-corrected chi connectivity index (χ3v) is 4.85. The fourth-order valence-corrected chi connectivity index (χ4v) is 3.40. The number of hydrogen-bond donors (Lipinski definition) is 2. The predicted octanol–water partition coefficient (Wildman–Crippen LogP) is 2.17. The number of benzene rings is 1. The summed E-state index contributed by atoms with van der Waals surface area (Å²) in [6.07, 6.45) is 5.37. The van der Waals surface area contributed by atoms with Gasteiger partial charge in [0.2, 0.25) is 12.3 Å². The Balaban J connectivity index is 1.67. The van der Waals surface area contributed by atoms with E-state index in [0.29, 0.717) is 24.3 Å². The van der Waals surface area contributed by atoms with Gasteiger partial charge in [0, 0.05) is 25.7 Å². The molecular formula is C20H24FN5O2. The Morgan fingerprint density at radius 3 is 2.79 bits per heavy atom. The summed E-state index contributed by atoms with van der Waals surface area (Å²) in [6.45, 7) is 2.11. The van der Waals surface area contributed by atoms with Gasteiger partial charge in [-0.15, -0.1) is 0 Å². The largest absolute Gasteiger partial charge is 0.359 e. The van der Waals surface area contributed by atoms with Gasteiger partial charge < -0.3 is 5.32 Å². The van der Waals surface area contributed by atoms with E-state index in [1.165, 1.54) is 17.1 Å². The molecule has 1 aromatic carbocycles. The lowest BCUT2D eigenvalue weighted by Crippen LogP contribution is -2.39. The van der Waals surface area contributed by atoms with Crippen LogP contribution in [0.3, 0.4) is 0 Å². The van der Waals surface area contributed by atoms with Gasteiger partial charge in [-0.2, -0.15) is 0 Å². The molecule has 7 nitrogen and oxygen atoms in total. The number of rotatable bonds is 7. The van der Waals surface area contributed by atoms with Crippen LogP contribution in [0.4, 0.5) is 15.8 Å². The van der Waals surface area contributed by atoms with Crippen molar-refractivity contribution in [2.45, 2.75) is 19.4 Å². The molecule has 0 spiro atoms. The Morgan fingerprint density at radius 2 is 2.14 bits per heavy atom. The molecule has 1 aliphatic rings. The highest BCUT2D eigenvalue weighted by Crippen LogP contribution is 2.23. The molecule has 0 bridgehead atoms. The minimum Gasteiger partial charge on any atom is -0.359 e. The highest BCUT2D eigenvalue weighted by Gasteiger charge is 2.24. The van der Waals surface area contributed by atoms with Crippen LogP contribution in [0.5, 0.6) is 0 Å². The zero-order valence-electron chi connectivity index (χ0n) is 15.8. The van der Waals surface area contributed by atoms with Gasteiger partial charge in [-0.25, -0.2) is 9.40 Å². The first kappa shape index (κ1) is 19.8. The third kappa shape index (κ3) is 5.04. The molecule has 0 radical (unpaired) electrons. The molecule has 2 amide bonds. The average molecular weight is 385 g/mol. The van der Waals surface area contributed by atoms with E-state index in [4.69, 9.17) is 0 Å². The monoisotopic (exact) mass is 385 g/mol. The first-order valence-corrected chi connectivity index (χ1v) is 9.23. The van der Waals surface area contributed by atoms with Crippen LogP contribution in [0.15, 0.2) is 42.7 Å². The Kier molecular flexibility index (Phi) is 6.54. The van der Waals surface area contributed by atoms with Gasteiger partial charge in [-0.3, -0.25) is 24.9 Å². The zero-order valence-corrected chi connectivity index (χ0v) is 15.8. The summed E-state index contributed by atoms with van der Waals surface area (Å²) >= 11 is 0. The number of pyridine rings is 1. The quantitative estimate of drug-likeness (QED) is 0.564. The molecule has 2 aromatic rings. The van der Waals surface area contributed by atoms with Crippen molar-refractivity contribution < 1.29 is 14.0 Å². The van der Waals surface area contributed by atoms with Crippen molar-refractivity contribution in [1.82, 2.24) is 15.2 Å². The number of hydrogen-bond acceptors (Lipinski definition) is 5. The predicted molar refractivity (Wildman–Crippen MR) is 105 cm³/mol. The highest BCUT2D eigenvalue weighted by atomic mass is 19.1. The fraction of sp³-hybridized carbons (Fsp3) is 0.350. The SMILES string of the molecule is CNC(=O)C1CCN(Cc2cc(F)cc(N(C=O)Nc3cccnc3)c2)CC1. The summed E-state index contributed by atoms with van der Waals surface area (Å²) in [5.74, 6) is -0.290. The number of likely N-dealkylation sites (tertiary alicyclic amines) is 1. The van der Waals surface area contributed by atoms with Crippen molar-refractivity contribution in [2.24, 2.45) is 5.92 Å². The van der Waals surface area contributed by atoms with E-state index in [0.717, 1.165) is 31.5 Å². The first-order valence-electron chi connectivity index (χ1n) is 9.23. The van der Waals surface area contributed by atoms with E-state index >= 15 is 0 Å². The van der Waals surface area contributed by atoms with Crippen LogP contribution in [0.1, 0.15) is 18.4 Å². The van der Waals surface area contributed by atoms with Gasteiger partial charge in [-0.05, 0) is 61.8 Å². The van der Waals surface area contributed by atoms with Crippen LogP contribution in [0, 0.1) is 11.7 Å². The van der Waals surface area contributed by atoms with Crippen LogP contribution in [0.25, 0.3) is 0 Å². The number of halogens is 1. The highest BCUT2D eigenvalue weighted by molar-refractivity contribution is 5.79. The van der Waals surface area contributed by atoms with Gasteiger partial charge in [0.15, 0.2) is 0 Å². The van der Waals surface area contributed by atoms with E-state index in [-0.39, 0.29) is 11.8 Å². The van der Waals surface area contributed by atoms with Gasteiger partial charge >= 0.3 is 0 Å². The molecule has 2 heterocycles. The zero-order chi connectivity index (χ0) is 19.9. The number of hydrazine groups is 1. The summed E-state index contributed by atoms with van der Waals surface area (Å²) in [5, 5.41) is 3.92. The van der Waals surface area contributed by atoms with E-state index in [2.05, 4.69) is 20.6 Å². The average Bonchev–Trinajstić information content (AvgIpc) is 2.72. The summed E-state index contributed by atoms with van der Waals surface area (Å²) in [6, 6.07) is 8.07. The number of carbonyl (C=O) groups is 2. The molecule has 8 heteroatoms. The molecule has 2 N–H and O–H groups in total. The molecule has 28 heavy (non-hydrogen) atoms. The van der Waals surface area contributed by atoms with E-state index < -0.39 is 5.82 Å². The Hall–Kier alpha value is -3.00. The van der Waals surface area contributed by atoms with Crippen LogP contribution in [-0.4, -0.2) is 42.3 Å². The summed E-state index contributed by atoms with van der Waals surface area (Å²) in [5.41, 5.74) is 4.71. The number of nitrogens with one attached hydrogen (secondary N) is 2. The van der Waals surface area contributed by atoms with Crippen molar-refractivity contribution in [3.05, 3.63) is 54.1 Å². The summed E-state index contributed by atoms with van der Waals surface area (Å²) in [7, 11) is 1.65. The number of carbonyl (C=O) groups excluding carboxylic acids is 2.